The molecule has 0 heterocycles. The Balaban J connectivity index is 1.68. The number of ketones is 1. The van der Waals surface area contributed by atoms with Gasteiger partial charge in [-0.15, -0.1) is 0 Å². The topological polar surface area (TPSA) is 52.6 Å². The van der Waals surface area contributed by atoms with Crippen LogP contribution in [0.5, 0.6) is 5.75 Å². The molecule has 3 fully saturated rings. The van der Waals surface area contributed by atoms with Crippen LogP contribution in [-0.4, -0.2) is 25.5 Å². The van der Waals surface area contributed by atoms with Crippen LogP contribution in [0.25, 0.3) is 0 Å². The molecular weight excluding hydrogens is 328 g/mol. The van der Waals surface area contributed by atoms with E-state index < -0.39 is 0 Å². The Morgan fingerprint density at radius 2 is 1.85 bits per heavy atom. The number of carbonyl (C=O) groups is 2. The molecule has 2 bridgehead atoms. The number of benzene rings is 1. The molecule has 0 saturated heterocycles. The van der Waals surface area contributed by atoms with Crippen molar-refractivity contribution in [1.29, 1.82) is 0 Å². The second-order valence-electron chi connectivity index (χ2n) is 8.63. The monoisotopic (exact) mass is 358 g/mol. The largest absolute Gasteiger partial charge is 0.497 e. The molecule has 4 heteroatoms. The quantitative estimate of drug-likeness (QED) is 0.545. The molecule has 0 aromatic heterocycles. The van der Waals surface area contributed by atoms with Gasteiger partial charge in [0.25, 0.3) is 0 Å². The summed E-state index contributed by atoms with van der Waals surface area (Å²) in [7, 11) is 1.68. The van der Waals surface area contributed by atoms with Crippen LogP contribution in [0.2, 0.25) is 0 Å². The van der Waals surface area contributed by atoms with Gasteiger partial charge in [-0.25, -0.2) is 0 Å². The van der Waals surface area contributed by atoms with Crippen molar-refractivity contribution < 1.29 is 19.1 Å². The molecule has 4 rings (SSSR count). The van der Waals surface area contributed by atoms with Crippen LogP contribution < -0.4 is 4.74 Å². The zero-order valence-electron chi connectivity index (χ0n) is 16.3. The van der Waals surface area contributed by atoms with Crippen LogP contribution in [0.3, 0.4) is 0 Å². The predicted octanol–water partition coefficient (Wildman–Crippen LogP) is 4.06. The Kier molecular flexibility index (Phi) is 5.40. The molecule has 4 unspecified atom stereocenters. The third-order valence-corrected chi connectivity index (χ3v) is 6.74. The average Bonchev–Trinajstić information content (AvgIpc) is 2.60. The standard InChI is InChI=1S/C22H30O4/c1-14(23)9-21(24)26-13-19-16(11-17-12-20(19)22(17,2)3)10-15-5-7-18(25-4)8-6-15/h5-8,16-17,19-20H,9-13H2,1-4H3. The van der Waals surface area contributed by atoms with E-state index in [9.17, 15) is 9.59 Å². The number of fused-ring (bicyclic) bond motifs is 2. The predicted molar refractivity (Wildman–Crippen MR) is 99.9 cm³/mol. The highest BCUT2D eigenvalue weighted by Gasteiger charge is 2.57. The molecule has 0 N–H and O–H groups in total. The highest BCUT2D eigenvalue weighted by Crippen LogP contribution is 2.63. The van der Waals surface area contributed by atoms with Crippen molar-refractivity contribution in [2.24, 2.45) is 29.1 Å². The summed E-state index contributed by atoms with van der Waals surface area (Å²) >= 11 is 0. The summed E-state index contributed by atoms with van der Waals surface area (Å²) < 4.78 is 10.7. The van der Waals surface area contributed by atoms with Gasteiger partial charge in [0.15, 0.2) is 0 Å². The molecule has 1 aromatic carbocycles. The molecular formula is C22H30O4. The number of carbonyl (C=O) groups excluding carboxylic acids is 2. The molecule has 3 aliphatic carbocycles. The lowest BCUT2D eigenvalue weighted by Crippen LogP contribution is -2.57. The van der Waals surface area contributed by atoms with Crippen LogP contribution in [0, 0.1) is 29.1 Å². The van der Waals surface area contributed by atoms with E-state index in [1.54, 1.807) is 7.11 Å². The Morgan fingerprint density at radius 1 is 1.15 bits per heavy atom. The van der Waals surface area contributed by atoms with Crippen molar-refractivity contribution in [2.75, 3.05) is 13.7 Å². The van der Waals surface area contributed by atoms with Crippen molar-refractivity contribution in [3.8, 4) is 5.75 Å². The fraction of sp³-hybridized carbons (Fsp3) is 0.636. The van der Waals surface area contributed by atoms with Gasteiger partial charge in [-0.1, -0.05) is 26.0 Å². The smallest absolute Gasteiger partial charge is 0.313 e. The van der Waals surface area contributed by atoms with Crippen LogP contribution in [0.15, 0.2) is 24.3 Å². The summed E-state index contributed by atoms with van der Waals surface area (Å²) in [5, 5.41) is 0. The fourth-order valence-corrected chi connectivity index (χ4v) is 5.05. The normalized spacial score (nSPS) is 28.8. The van der Waals surface area contributed by atoms with Gasteiger partial charge in [-0.05, 0) is 73.0 Å². The number of Topliss-reactive ketones (excluding diaryl/α,β-unsaturated/α-hetero) is 1. The third kappa shape index (κ3) is 3.79. The minimum Gasteiger partial charge on any atom is -0.497 e. The Labute approximate surface area is 156 Å². The Hall–Kier alpha value is -1.84. The van der Waals surface area contributed by atoms with Gasteiger partial charge in [0.1, 0.15) is 18.0 Å². The molecule has 3 saturated carbocycles. The van der Waals surface area contributed by atoms with Crippen LogP contribution in [0.1, 0.15) is 45.6 Å². The molecule has 4 atom stereocenters. The molecule has 26 heavy (non-hydrogen) atoms. The molecule has 0 aliphatic heterocycles. The minimum absolute atomic E-state index is 0.119. The summed E-state index contributed by atoms with van der Waals surface area (Å²) in [6, 6.07) is 8.27. The van der Waals surface area contributed by atoms with Gasteiger partial charge in [0, 0.05) is 0 Å². The fourth-order valence-electron chi connectivity index (χ4n) is 5.05. The maximum atomic E-state index is 11.9. The van der Waals surface area contributed by atoms with E-state index in [4.69, 9.17) is 9.47 Å². The van der Waals surface area contributed by atoms with Crippen molar-refractivity contribution >= 4 is 11.8 Å². The SMILES string of the molecule is COc1ccc(CC2CC3CC(C2COC(=O)CC(C)=O)C3(C)C)cc1. The molecule has 0 spiro atoms. The van der Waals surface area contributed by atoms with E-state index in [-0.39, 0.29) is 18.2 Å². The number of ether oxygens (including phenoxy) is 2. The van der Waals surface area contributed by atoms with E-state index in [1.165, 1.54) is 25.3 Å². The summed E-state index contributed by atoms with van der Waals surface area (Å²) in [4.78, 5) is 23.0. The first-order valence-corrected chi connectivity index (χ1v) is 9.59. The van der Waals surface area contributed by atoms with Crippen LogP contribution in [0.4, 0.5) is 0 Å². The van der Waals surface area contributed by atoms with Crippen molar-refractivity contribution in [3.05, 3.63) is 29.8 Å². The van der Waals surface area contributed by atoms with Crippen molar-refractivity contribution in [1.82, 2.24) is 0 Å². The zero-order chi connectivity index (χ0) is 18.9. The first-order valence-electron chi connectivity index (χ1n) is 9.59. The van der Waals surface area contributed by atoms with Gasteiger partial charge in [0.05, 0.1) is 13.7 Å². The summed E-state index contributed by atoms with van der Waals surface area (Å²) in [6.07, 6.45) is 3.31. The van der Waals surface area contributed by atoms with E-state index >= 15 is 0 Å². The number of rotatable bonds is 7. The Bertz CT molecular complexity index is 661. The van der Waals surface area contributed by atoms with Crippen LogP contribution >= 0.6 is 0 Å². The van der Waals surface area contributed by atoms with E-state index in [2.05, 4.69) is 26.0 Å². The third-order valence-electron chi connectivity index (χ3n) is 6.74. The van der Waals surface area contributed by atoms with E-state index in [1.807, 2.05) is 12.1 Å². The lowest BCUT2D eigenvalue weighted by atomic mass is 9.43. The summed E-state index contributed by atoms with van der Waals surface area (Å²) in [5.74, 6) is 2.58. The lowest BCUT2D eigenvalue weighted by Gasteiger charge is -2.62. The zero-order valence-corrected chi connectivity index (χ0v) is 16.3. The van der Waals surface area contributed by atoms with Crippen LogP contribution in [-0.2, 0) is 20.7 Å². The maximum Gasteiger partial charge on any atom is 0.313 e. The van der Waals surface area contributed by atoms with Crippen molar-refractivity contribution in [2.45, 2.75) is 46.5 Å². The molecule has 1 aromatic rings. The highest BCUT2D eigenvalue weighted by atomic mass is 16.5. The Morgan fingerprint density at radius 3 is 2.42 bits per heavy atom. The van der Waals surface area contributed by atoms with E-state index in [0.717, 1.165) is 18.1 Å². The van der Waals surface area contributed by atoms with Gasteiger partial charge in [0.2, 0.25) is 0 Å². The van der Waals surface area contributed by atoms with Crippen molar-refractivity contribution in [3.63, 3.8) is 0 Å². The lowest BCUT2D eigenvalue weighted by molar-refractivity contribution is -0.167. The summed E-state index contributed by atoms with van der Waals surface area (Å²) in [6.45, 7) is 6.56. The second kappa shape index (κ2) is 7.42. The number of hydrogen-bond donors (Lipinski definition) is 0. The second-order valence-corrected chi connectivity index (χ2v) is 8.63. The first-order chi connectivity index (χ1) is 12.3. The summed E-state index contributed by atoms with van der Waals surface area (Å²) in [5.41, 5.74) is 1.63. The van der Waals surface area contributed by atoms with Gasteiger partial charge in [-0.2, -0.15) is 0 Å². The molecule has 0 amide bonds. The van der Waals surface area contributed by atoms with Gasteiger partial charge in [-0.3, -0.25) is 9.59 Å². The highest BCUT2D eigenvalue weighted by molar-refractivity contribution is 5.94. The molecule has 0 radical (unpaired) electrons. The molecule has 4 nitrogen and oxygen atoms in total. The first kappa shape index (κ1) is 18.9. The number of hydrogen-bond acceptors (Lipinski definition) is 4. The van der Waals surface area contributed by atoms with Gasteiger partial charge < -0.3 is 9.47 Å². The number of esters is 1. The number of methoxy groups -OCH3 is 1. The van der Waals surface area contributed by atoms with E-state index in [0.29, 0.717) is 29.8 Å². The molecule has 142 valence electrons. The molecule has 3 aliphatic rings. The maximum absolute atomic E-state index is 11.9. The van der Waals surface area contributed by atoms with Gasteiger partial charge >= 0.3 is 5.97 Å². The average molecular weight is 358 g/mol. The minimum atomic E-state index is -0.389.